The summed E-state index contributed by atoms with van der Waals surface area (Å²) in [7, 11) is 0. The lowest BCUT2D eigenvalue weighted by atomic mass is 10.1. The molecule has 2 amide bonds. The van der Waals surface area contributed by atoms with Crippen molar-refractivity contribution < 1.29 is 41.8 Å². The number of hydrogen-bond donors (Lipinski definition) is 2. The summed E-state index contributed by atoms with van der Waals surface area (Å²) in [5, 5.41) is 12.0. The van der Waals surface area contributed by atoms with Crippen molar-refractivity contribution in [1.82, 2.24) is 20.2 Å². The molecule has 13 heteroatoms. The van der Waals surface area contributed by atoms with E-state index in [9.17, 15) is 37.1 Å². The normalized spacial score (nSPS) is 18.1. The van der Waals surface area contributed by atoms with Gasteiger partial charge < -0.3 is 15.2 Å². The maximum atomic E-state index is 14.1. The molecule has 1 aliphatic heterocycles. The second-order valence-corrected chi connectivity index (χ2v) is 9.16. The lowest BCUT2D eigenvalue weighted by Crippen LogP contribution is -2.47. The average Bonchev–Trinajstić information content (AvgIpc) is 3.17. The largest absolute Gasteiger partial charge is 0.478 e. The predicted octanol–water partition coefficient (Wildman–Crippen LogP) is 3.82. The van der Waals surface area contributed by atoms with E-state index >= 15 is 0 Å². The number of carboxylic acids is 1. The number of ether oxygens (including phenoxy) is 1. The Morgan fingerprint density at radius 1 is 1.17 bits per heavy atom. The highest BCUT2D eigenvalue weighted by Gasteiger charge is 2.41. The Hall–Kier alpha value is -3.77. The van der Waals surface area contributed by atoms with Crippen LogP contribution in [-0.2, 0) is 22.3 Å². The number of hydrogen-bond acceptors (Lipinski definition) is 6. The number of carbonyl (C=O) groups is 3. The predicted molar refractivity (Wildman–Crippen MR) is 118 cm³/mol. The maximum Gasteiger partial charge on any atom is 0.433 e. The van der Waals surface area contributed by atoms with Gasteiger partial charge in [0.15, 0.2) is 0 Å². The molecule has 2 atom stereocenters. The van der Waals surface area contributed by atoms with Gasteiger partial charge >= 0.3 is 18.2 Å². The van der Waals surface area contributed by atoms with Crippen LogP contribution in [0.15, 0.2) is 30.6 Å². The van der Waals surface area contributed by atoms with Crippen LogP contribution in [0.5, 0.6) is 0 Å². The Morgan fingerprint density at radius 2 is 1.86 bits per heavy atom. The van der Waals surface area contributed by atoms with Gasteiger partial charge in [0.25, 0.3) is 0 Å². The van der Waals surface area contributed by atoms with Gasteiger partial charge in [-0.15, -0.1) is 0 Å². The van der Waals surface area contributed by atoms with Crippen LogP contribution in [0, 0.1) is 0 Å². The van der Waals surface area contributed by atoms with Crippen molar-refractivity contribution in [1.29, 1.82) is 0 Å². The minimum absolute atomic E-state index is 0.0966. The van der Waals surface area contributed by atoms with Gasteiger partial charge in [-0.05, 0) is 44.5 Å². The van der Waals surface area contributed by atoms with Gasteiger partial charge in [-0.3, -0.25) is 19.7 Å². The zero-order valence-corrected chi connectivity index (χ0v) is 19.6. The number of amides is 2. The Bertz CT molecular complexity index is 1150. The zero-order chi connectivity index (χ0) is 26.8. The van der Waals surface area contributed by atoms with Crippen LogP contribution >= 0.6 is 0 Å². The summed E-state index contributed by atoms with van der Waals surface area (Å²) in [5.74, 6) is -2.06. The summed E-state index contributed by atoms with van der Waals surface area (Å²) in [6, 6.07) is 2.04. The molecule has 0 aromatic carbocycles. The van der Waals surface area contributed by atoms with Gasteiger partial charge in [-0.1, -0.05) is 0 Å². The molecule has 3 heterocycles. The molecule has 0 saturated carbocycles. The SMILES string of the molecule is CC(C)(C)OC(=O)N1C[C@H](F)C[C@H]1C(=O)NCc1cc(-c2ccc(C(F)(F)F)nc2)ncc1C(=O)O. The minimum atomic E-state index is -4.62. The van der Waals surface area contributed by atoms with Crippen LogP contribution in [0.4, 0.5) is 22.4 Å². The second-order valence-electron chi connectivity index (χ2n) is 9.16. The van der Waals surface area contributed by atoms with E-state index in [-0.39, 0.29) is 41.9 Å². The molecule has 1 fully saturated rings. The number of aromatic carboxylic acids is 1. The first kappa shape index (κ1) is 26.8. The van der Waals surface area contributed by atoms with E-state index in [0.717, 1.165) is 29.4 Å². The van der Waals surface area contributed by atoms with Gasteiger partial charge in [0.2, 0.25) is 5.91 Å². The highest BCUT2D eigenvalue weighted by atomic mass is 19.4. The van der Waals surface area contributed by atoms with Gasteiger partial charge in [0.1, 0.15) is 23.5 Å². The summed E-state index contributed by atoms with van der Waals surface area (Å²) in [6.45, 7) is 4.24. The van der Waals surface area contributed by atoms with Crippen LogP contribution in [-0.4, -0.2) is 62.3 Å². The van der Waals surface area contributed by atoms with Crippen molar-refractivity contribution in [3.8, 4) is 11.3 Å². The van der Waals surface area contributed by atoms with Crippen LogP contribution in [0.3, 0.4) is 0 Å². The number of carboxylic acid groups (broad SMARTS) is 1. The third-order valence-corrected chi connectivity index (χ3v) is 5.20. The summed E-state index contributed by atoms with van der Waals surface area (Å²) in [4.78, 5) is 45.2. The third kappa shape index (κ3) is 6.46. The Labute approximate surface area is 203 Å². The number of aromatic nitrogens is 2. The lowest BCUT2D eigenvalue weighted by molar-refractivity contribution is -0.141. The van der Waals surface area contributed by atoms with E-state index in [1.807, 2.05) is 0 Å². The quantitative estimate of drug-likeness (QED) is 0.584. The summed E-state index contributed by atoms with van der Waals surface area (Å²) in [6.07, 6.45) is -5.21. The number of alkyl halides is 4. The van der Waals surface area contributed by atoms with Gasteiger partial charge in [0, 0.05) is 30.9 Å². The summed E-state index contributed by atoms with van der Waals surface area (Å²) in [5.41, 5.74) is -1.79. The van der Waals surface area contributed by atoms with Crippen molar-refractivity contribution in [2.24, 2.45) is 0 Å². The summed E-state index contributed by atoms with van der Waals surface area (Å²) >= 11 is 0. The van der Waals surface area contributed by atoms with E-state index < -0.39 is 47.7 Å². The Morgan fingerprint density at radius 3 is 2.42 bits per heavy atom. The van der Waals surface area contributed by atoms with E-state index in [0.29, 0.717) is 0 Å². The second kappa shape index (κ2) is 10.1. The van der Waals surface area contributed by atoms with E-state index in [2.05, 4.69) is 15.3 Å². The Kier molecular flexibility index (Phi) is 7.51. The molecule has 2 N–H and O–H groups in total. The van der Waals surface area contributed by atoms with Crippen molar-refractivity contribution >= 4 is 18.0 Å². The maximum absolute atomic E-state index is 14.1. The number of nitrogens with one attached hydrogen (secondary N) is 1. The minimum Gasteiger partial charge on any atom is -0.478 e. The molecular weight excluding hydrogens is 488 g/mol. The molecule has 9 nitrogen and oxygen atoms in total. The highest BCUT2D eigenvalue weighted by molar-refractivity contribution is 5.90. The molecule has 2 aromatic rings. The molecule has 1 saturated heterocycles. The van der Waals surface area contributed by atoms with Gasteiger partial charge in [-0.2, -0.15) is 13.2 Å². The molecule has 1 aliphatic rings. The molecule has 0 radical (unpaired) electrons. The highest BCUT2D eigenvalue weighted by Crippen LogP contribution is 2.29. The fraction of sp³-hybridized carbons (Fsp3) is 0.435. The van der Waals surface area contributed by atoms with E-state index in [4.69, 9.17) is 4.74 Å². The molecule has 0 spiro atoms. The first-order valence-electron chi connectivity index (χ1n) is 10.8. The van der Waals surface area contributed by atoms with Crippen LogP contribution in [0.25, 0.3) is 11.3 Å². The van der Waals surface area contributed by atoms with Crippen LogP contribution in [0.1, 0.15) is 48.8 Å². The smallest absolute Gasteiger partial charge is 0.433 e. The number of rotatable bonds is 5. The summed E-state index contributed by atoms with van der Waals surface area (Å²) < 4.78 is 57.6. The van der Waals surface area contributed by atoms with Gasteiger partial charge in [-0.25, -0.2) is 14.0 Å². The van der Waals surface area contributed by atoms with Crippen LogP contribution < -0.4 is 5.32 Å². The fourth-order valence-corrected chi connectivity index (χ4v) is 3.56. The van der Waals surface area contributed by atoms with E-state index in [1.54, 1.807) is 20.8 Å². The third-order valence-electron chi connectivity index (χ3n) is 5.20. The lowest BCUT2D eigenvalue weighted by Gasteiger charge is -2.27. The van der Waals surface area contributed by atoms with Crippen LogP contribution in [0.2, 0.25) is 0 Å². The van der Waals surface area contributed by atoms with Crippen molar-refractivity contribution in [2.45, 2.75) is 57.7 Å². The molecule has 3 rings (SSSR count). The van der Waals surface area contributed by atoms with Crippen molar-refractivity contribution in [3.63, 3.8) is 0 Å². The molecule has 0 unspecified atom stereocenters. The molecule has 0 aliphatic carbocycles. The Balaban J connectivity index is 1.79. The number of halogens is 4. The topological polar surface area (TPSA) is 122 Å². The monoisotopic (exact) mass is 512 g/mol. The average molecular weight is 512 g/mol. The molecule has 36 heavy (non-hydrogen) atoms. The van der Waals surface area contributed by atoms with Crippen molar-refractivity contribution in [3.05, 3.63) is 47.4 Å². The van der Waals surface area contributed by atoms with Gasteiger partial charge in [0.05, 0.1) is 17.8 Å². The first-order chi connectivity index (χ1) is 16.7. The number of carbonyl (C=O) groups excluding carboxylic acids is 2. The number of nitrogens with zero attached hydrogens (tertiary/aromatic N) is 3. The first-order valence-corrected chi connectivity index (χ1v) is 10.8. The number of likely N-dealkylation sites (tertiary alicyclic amines) is 1. The molecular formula is C23H24F4N4O5. The van der Waals surface area contributed by atoms with E-state index in [1.165, 1.54) is 6.07 Å². The molecule has 0 bridgehead atoms. The zero-order valence-electron chi connectivity index (χ0n) is 19.6. The number of pyridine rings is 2. The standard InChI is InChI=1S/C23H24F4N4O5/c1-22(2,3)36-21(35)31-11-14(24)7-17(31)19(32)30-9-13-6-16(28-10-15(13)20(33)34)12-4-5-18(29-8-12)23(25,26)27/h4-6,8,10,14,17H,7,9,11H2,1-3H3,(H,30,32)(H,33,34)/t14-,17+/m1/s1. The van der Waals surface area contributed by atoms with Crippen molar-refractivity contribution in [2.75, 3.05) is 6.54 Å². The fourth-order valence-electron chi connectivity index (χ4n) is 3.56. The molecule has 2 aromatic heterocycles. The molecule has 194 valence electrons.